The van der Waals surface area contributed by atoms with Gasteiger partial charge >= 0.3 is 5.97 Å². The standard InChI is InChI=1S/C25H24Cl2N4O2S/c1-3-31(4-2)11-12-33-25(32)17-5-8-20(9-6-17)29-15-18(14-28)24-30-23(16-34-24)21-10-7-19(26)13-22(21)27/h5-10,13,15-16,29H,3-4,11-12H2,1-2H3. The monoisotopic (exact) mass is 514 g/mol. The summed E-state index contributed by atoms with van der Waals surface area (Å²) in [5, 5.41) is 16.1. The fraction of sp³-hybridized carbons (Fsp3) is 0.240. The van der Waals surface area contributed by atoms with Crippen LogP contribution in [0.2, 0.25) is 10.0 Å². The van der Waals surface area contributed by atoms with Crippen molar-refractivity contribution in [2.24, 2.45) is 0 Å². The molecule has 34 heavy (non-hydrogen) atoms. The third-order valence-corrected chi connectivity index (χ3v) is 6.52. The molecule has 0 aliphatic heterocycles. The number of benzene rings is 2. The number of hydrogen-bond acceptors (Lipinski definition) is 7. The lowest BCUT2D eigenvalue weighted by Gasteiger charge is -2.17. The van der Waals surface area contributed by atoms with Gasteiger partial charge in [0, 0.05) is 34.4 Å². The van der Waals surface area contributed by atoms with E-state index in [2.05, 4.69) is 35.1 Å². The van der Waals surface area contributed by atoms with Crippen molar-refractivity contribution in [1.29, 1.82) is 5.26 Å². The molecule has 1 N–H and O–H groups in total. The molecule has 0 saturated heterocycles. The third-order valence-electron chi connectivity index (χ3n) is 5.10. The summed E-state index contributed by atoms with van der Waals surface area (Å²) >= 11 is 13.6. The maximum Gasteiger partial charge on any atom is 0.338 e. The molecule has 3 rings (SSSR count). The predicted octanol–water partition coefficient (Wildman–Crippen LogP) is 6.59. The number of esters is 1. The third kappa shape index (κ3) is 6.81. The number of nitriles is 1. The molecule has 6 nitrogen and oxygen atoms in total. The fourth-order valence-corrected chi connectivity index (χ4v) is 4.40. The first-order chi connectivity index (χ1) is 16.4. The Morgan fingerprint density at radius 2 is 1.94 bits per heavy atom. The molecule has 0 unspecified atom stereocenters. The lowest BCUT2D eigenvalue weighted by atomic mass is 10.2. The number of carbonyl (C=O) groups excluding carboxylic acids is 1. The van der Waals surface area contributed by atoms with Crippen molar-refractivity contribution in [2.75, 3.05) is 31.6 Å². The Balaban J connectivity index is 1.62. The van der Waals surface area contributed by atoms with E-state index in [1.807, 2.05) is 5.38 Å². The summed E-state index contributed by atoms with van der Waals surface area (Å²) in [5.74, 6) is -0.358. The van der Waals surface area contributed by atoms with Crippen LogP contribution in [-0.2, 0) is 4.74 Å². The Hall–Kier alpha value is -2.89. The molecule has 2 aromatic carbocycles. The van der Waals surface area contributed by atoms with Crippen LogP contribution >= 0.6 is 34.5 Å². The van der Waals surface area contributed by atoms with Gasteiger partial charge in [-0.15, -0.1) is 11.3 Å². The van der Waals surface area contributed by atoms with Crippen molar-refractivity contribution in [2.45, 2.75) is 13.8 Å². The van der Waals surface area contributed by atoms with Gasteiger partial charge in [-0.2, -0.15) is 5.26 Å². The van der Waals surface area contributed by atoms with Gasteiger partial charge in [0.1, 0.15) is 23.3 Å². The molecule has 0 radical (unpaired) electrons. The van der Waals surface area contributed by atoms with Crippen molar-refractivity contribution in [3.05, 3.63) is 74.7 Å². The maximum atomic E-state index is 12.2. The number of ether oxygens (including phenoxy) is 1. The number of carbonyl (C=O) groups is 1. The summed E-state index contributed by atoms with van der Waals surface area (Å²) in [6, 6.07) is 14.3. The van der Waals surface area contributed by atoms with Crippen LogP contribution in [0.3, 0.4) is 0 Å². The molecule has 9 heteroatoms. The van der Waals surface area contributed by atoms with Gasteiger partial charge in [-0.3, -0.25) is 0 Å². The number of rotatable bonds is 10. The van der Waals surface area contributed by atoms with Crippen LogP contribution in [-0.4, -0.2) is 42.1 Å². The molecule has 1 aromatic heterocycles. The molecule has 0 fully saturated rings. The van der Waals surface area contributed by atoms with Gasteiger partial charge in [0.05, 0.1) is 16.3 Å². The summed E-state index contributed by atoms with van der Waals surface area (Å²) in [6.45, 7) is 7.06. The van der Waals surface area contributed by atoms with E-state index in [4.69, 9.17) is 27.9 Å². The van der Waals surface area contributed by atoms with E-state index in [9.17, 15) is 10.1 Å². The Morgan fingerprint density at radius 3 is 2.59 bits per heavy atom. The minimum absolute atomic E-state index is 0.353. The number of anilines is 1. The van der Waals surface area contributed by atoms with Crippen molar-refractivity contribution in [1.82, 2.24) is 9.88 Å². The molecule has 3 aromatic rings. The van der Waals surface area contributed by atoms with Gasteiger partial charge in [-0.1, -0.05) is 37.0 Å². The number of aromatic nitrogens is 1. The molecule has 0 amide bonds. The molecule has 0 aliphatic carbocycles. The summed E-state index contributed by atoms with van der Waals surface area (Å²) < 4.78 is 5.35. The Bertz CT molecular complexity index is 1200. The minimum atomic E-state index is -0.358. The molecule has 0 spiro atoms. The number of thiazole rings is 1. The molecule has 176 valence electrons. The van der Waals surface area contributed by atoms with Gasteiger partial charge in [0.25, 0.3) is 0 Å². The zero-order chi connectivity index (χ0) is 24.5. The van der Waals surface area contributed by atoms with Gasteiger partial charge in [-0.25, -0.2) is 9.78 Å². The lowest BCUT2D eigenvalue weighted by Crippen LogP contribution is -2.27. The lowest BCUT2D eigenvalue weighted by molar-refractivity contribution is 0.0466. The van der Waals surface area contributed by atoms with E-state index in [1.54, 1.807) is 48.7 Å². The highest BCUT2D eigenvalue weighted by molar-refractivity contribution is 7.11. The summed E-state index contributed by atoms with van der Waals surface area (Å²) in [5.41, 5.74) is 3.00. The minimum Gasteiger partial charge on any atom is -0.461 e. The van der Waals surface area contributed by atoms with Crippen LogP contribution < -0.4 is 5.32 Å². The largest absolute Gasteiger partial charge is 0.461 e. The number of allylic oxidation sites excluding steroid dienone is 1. The zero-order valence-corrected chi connectivity index (χ0v) is 21.2. The predicted molar refractivity (Wildman–Crippen MR) is 139 cm³/mol. The molecular weight excluding hydrogens is 491 g/mol. The van der Waals surface area contributed by atoms with Crippen LogP contribution in [0.4, 0.5) is 5.69 Å². The number of nitrogens with zero attached hydrogens (tertiary/aromatic N) is 3. The Morgan fingerprint density at radius 1 is 1.21 bits per heavy atom. The maximum absolute atomic E-state index is 12.2. The van der Waals surface area contributed by atoms with Crippen LogP contribution in [0.25, 0.3) is 16.8 Å². The van der Waals surface area contributed by atoms with E-state index in [1.165, 1.54) is 11.3 Å². The highest BCUT2D eigenvalue weighted by atomic mass is 35.5. The number of halogens is 2. The quantitative estimate of drug-likeness (QED) is 0.242. The number of likely N-dealkylation sites (N-methyl/N-ethyl adjacent to an activating group) is 1. The topological polar surface area (TPSA) is 78.2 Å². The fourth-order valence-electron chi connectivity index (χ4n) is 3.11. The second kappa shape index (κ2) is 12.5. The first-order valence-electron chi connectivity index (χ1n) is 10.7. The van der Waals surface area contributed by atoms with Crippen LogP contribution in [0.5, 0.6) is 0 Å². The normalized spacial score (nSPS) is 11.4. The first kappa shape index (κ1) is 25.7. The van der Waals surface area contributed by atoms with E-state index < -0.39 is 0 Å². The first-order valence-corrected chi connectivity index (χ1v) is 12.4. The molecule has 1 heterocycles. The highest BCUT2D eigenvalue weighted by Crippen LogP contribution is 2.32. The van der Waals surface area contributed by atoms with Crippen molar-refractivity contribution in [3.8, 4) is 17.3 Å². The number of hydrogen-bond donors (Lipinski definition) is 1. The van der Waals surface area contributed by atoms with E-state index >= 15 is 0 Å². The Labute approximate surface area is 213 Å². The zero-order valence-electron chi connectivity index (χ0n) is 18.8. The van der Waals surface area contributed by atoms with Gasteiger partial charge in [0.2, 0.25) is 0 Å². The van der Waals surface area contributed by atoms with Crippen molar-refractivity contribution in [3.63, 3.8) is 0 Å². The van der Waals surface area contributed by atoms with Crippen LogP contribution in [0, 0.1) is 11.3 Å². The van der Waals surface area contributed by atoms with Crippen LogP contribution in [0.15, 0.2) is 54.0 Å². The van der Waals surface area contributed by atoms with E-state index in [-0.39, 0.29) is 5.97 Å². The van der Waals surface area contributed by atoms with Crippen molar-refractivity contribution >= 4 is 51.8 Å². The molecule has 0 atom stereocenters. The number of nitrogens with one attached hydrogen (secondary N) is 1. The molecule has 0 saturated carbocycles. The second-order valence-corrected chi connectivity index (χ2v) is 8.92. The SMILES string of the molecule is CCN(CC)CCOC(=O)c1ccc(NC=C(C#N)c2nc(-c3ccc(Cl)cc3Cl)cs2)cc1. The molecule has 0 aliphatic rings. The van der Waals surface area contributed by atoms with Crippen LogP contribution in [0.1, 0.15) is 29.2 Å². The second-order valence-electron chi connectivity index (χ2n) is 7.22. The molecule has 0 bridgehead atoms. The Kier molecular flexibility index (Phi) is 9.49. The van der Waals surface area contributed by atoms with Crippen molar-refractivity contribution < 1.29 is 9.53 Å². The van der Waals surface area contributed by atoms with Gasteiger partial charge in [-0.05, 0) is 55.6 Å². The average molecular weight is 515 g/mol. The van der Waals surface area contributed by atoms with Gasteiger partial charge in [0.15, 0.2) is 0 Å². The summed E-state index contributed by atoms with van der Waals surface area (Å²) in [6.07, 6.45) is 1.59. The van der Waals surface area contributed by atoms with E-state index in [0.29, 0.717) is 45.0 Å². The van der Waals surface area contributed by atoms with E-state index in [0.717, 1.165) is 24.3 Å². The smallest absolute Gasteiger partial charge is 0.338 e. The summed E-state index contributed by atoms with van der Waals surface area (Å²) in [4.78, 5) is 19.0. The molecular formula is C25H24Cl2N4O2S. The van der Waals surface area contributed by atoms with Gasteiger partial charge < -0.3 is 15.0 Å². The summed E-state index contributed by atoms with van der Waals surface area (Å²) in [7, 11) is 0. The average Bonchev–Trinajstić information content (AvgIpc) is 3.32. The highest BCUT2D eigenvalue weighted by Gasteiger charge is 2.12.